The SMILES string of the molecule is C#CCCC(O)c1cc(C)ccc1C. The fourth-order valence-electron chi connectivity index (χ4n) is 1.49. The molecule has 1 unspecified atom stereocenters. The van der Waals surface area contributed by atoms with Crippen LogP contribution in [-0.2, 0) is 0 Å². The van der Waals surface area contributed by atoms with Gasteiger partial charge in [-0.2, -0.15) is 0 Å². The summed E-state index contributed by atoms with van der Waals surface area (Å²) in [6, 6.07) is 6.10. The molecular weight excluding hydrogens is 172 g/mol. The summed E-state index contributed by atoms with van der Waals surface area (Å²) in [4.78, 5) is 0. The highest BCUT2D eigenvalue weighted by Gasteiger charge is 2.09. The van der Waals surface area contributed by atoms with Gasteiger partial charge in [0, 0.05) is 6.42 Å². The van der Waals surface area contributed by atoms with E-state index < -0.39 is 6.10 Å². The molecule has 74 valence electrons. The van der Waals surface area contributed by atoms with Crippen molar-refractivity contribution in [2.24, 2.45) is 0 Å². The molecule has 14 heavy (non-hydrogen) atoms. The van der Waals surface area contributed by atoms with E-state index in [0.717, 1.165) is 11.1 Å². The van der Waals surface area contributed by atoms with Gasteiger partial charge in [-0.1, -0.05) is 23.8 Å². The van der Waals surface area contributed by atoms with E-state index in [9.17, 15) is 5.11 Å². The number of aryl methyl sites for hydroxylation is 2. The summed E-state index contributed by atoms with van der Waals surface area (Å²) in [5, 5.41) is 9.86. The van der Waals surface area contributed by atoms with Crippen molar-refractivity contribution < 1.29 is 5.11 Å². The average Bonchev–Trinajstić information content (AvgIpc) is 2.18. The Bertz CT molecular complexity index is 347. The number of aliphatic hydroxyl groups is 1. The molecular formula is C13H16O. The maximum absolute atomic E-state index is 9.86. The van der Waals surface area contributed by atoms with Gasteiger partial charge in [-0.25, -0.2) is 0 Å². The minimum atomic E-state index is -0.425. The van der Waals surface area contributed by atoms with Crippen LogP contribution < -0.4 is 0 Å². The molecule has 0 aromatic heterocycles. The van der Waals surface area contributed by atoms with Gasteiger partial charge in [0.25, 0.3) is 0 Å². The highest BCUT2D eigenvalue weighted by Crippen LogP contribution is 2.22. The molecule has 1 N–H and O–H groups in total. The molecule has 1 atom stereocenters. The van der Waals surface area contributed by atoms with E-state index in [0.29, 0.717) is 12.8 Å². The number of benzene rings is 1. The van der Waals surface area contributed by atoms with Crippen LogP contribution in [-0.4, -0.2) is 5.11 Å². The maximum atomic E-state index is 9.86. The van der Waals surface area contributed by atoms with E-state index in [-0.39, 0.29) is 0 Å². The molecule has 0 aliphatic rings. The maximum Gasteiger partial charge on any atom is 0.0801 e. The average molecular weight is 188 g/mol. The van der Waals surface area contributed by atoms with Crippen molar-refractivity contribution in [3.05, 3.63) is 34.9 Å². The fraction of sp³-hybridized carbons (Fsp3) is 0.385. The second-order valence-electron chi connectivity index (χ2n) is 3.62. The Morgan fingerprint density at radius 3 is 2.79 bits per heavy atom. The van der Waals surface area contributed by atoms with Gasteiger partial charge in [0.1, 0.15) is 0 Å². The first kappa shape index (κ1) is 10.8. The van der Waals surface area contributed by atoms with Crippen LogP contribution in [0.2, 0.25) is 0 Å². The lowest BCUT2D eigenvalue weighted by atomic mass is 9.98. The van der Waals surface area contributed by atoms with Gasteiger partial charge < -0.3 is 5.11 Å². The largest absolute Gasteiger partial charge is 0.388 e. The topological polar surface area (TPSA) is 20.2 Å². The van der Waals surface area contributed by atoms with E-state index in [2.05, 4.69) is 5.92 Å². The van der Waals surface area contributed by atoms with Crippen LogP contribution in [0.4, 0.5) is 0 Å². The molecule has 0 radical (unpaired) electrons. The monoisotopic (exact) mass is 188 g/mol. The molecule has 0 saturated heterocycles. The predicted octanol–water partition coefficient (Wildman–Crippen LogP) is 2.75. The first-order chi connectivity index (χ1) is 6.65. The summed E-state index contributed by atoms with van der Waals surface area (Å²) in [6.45, 7) is 4.03. The van der Waals surface area contributed by atoms with Crippen molar-refractivity contribution in [1.29, 1.82) is 0 Å². The highest BCUT2D eigenvalue weighted by atomic mass is 16.3. The van der Waals surface area contributed by atoms with Gasteiger partial charge in [-0.05, 0) is 31.4 Å². The number of terminal acetylenes is 1. The van der Waals surface area contributed by atoms with Gasteiger partial charge >= 0.3 is 0 Å². The third-order valence-electron chi connectivity index (χ3n) is 2.36. The summed E-state index contributed by atoms with van der Waals surface area (Å²) in [6.07, 6.45) is 6.00. The summed E-state index contributed by atoms with van der Waals surface area (Å²) in [7, 11) is 0. The Morgan fingerprint density at radius 2 is 2.14 bits per heavy atom. The lowest BCUT2D eigenvalue weighted by Gasteiger charge is -2.13. The quantitative estimate of drug-likeness (QED) is 0.723. The summed E-state index contributed by atoms with van der Waals surface area (Å²) < 4.78 is 0. The number of hydrogen-bond donors (Lipinski definition) is 1. The zero-order valence-electron chi connectivity index (χ0n) is 8.75. The normalized spacial score (nSPS) is 12.1. The van der Waals surface area contributed by atoms with Crippen LogP contribution in [0.25, 0.3) is 0 Å². The minimum absolute atomic E-state index is 0.425. The Labute approximate surface area is 85.8 Å². The molecule has 1 heteroatoms. The smallest absolute Gasteiger partial charge is 0.0801 e. The molecule has 0 heterocycles. The van der Waals surface area contributed by atoms with Gasteiger partial charge in [0.05, 0.1) is 6.10 Å². The predicted molar refractivity (Wildman–Crippen MR) is 58.9 cm³/mol. The zero-order chi connectivity index (χ0) is 10.6. The van der Waals surface area contributed by atoms with Crippen molar-refractivity contribution >= 4 is 0 Å². The third-order valence-corrected chi connectivity index (χ3v) is 2.36. The Morgan fingerprint density at radius 1 is 1.43 bits per heavy atom. The zero-order valence-corrected chi connectivity index (χ0v) is 8.75. The van der Waals surface area contributed by atoms with Crippen LogP contribution in [0.5, 0.6) is 0 Å². The Balaban J connectivity index is 2.83. The second-order valence-corrected chi connectivity index (χ2v) is 3.62. The fourth-order valence-corrected chi connectivity index (χ4v) is 1.49. The van der Waals surface area contributed by atoms with E-state index in [4.69, 9.17) is 6.42 Å². The summed E-state index contributed by atoms with van der Waals surface area (Å²) >= 11 is 0. The van der Waals surface area contributed by atoms with E-state index in [1.54, 1.807) is 0 Å². The number of rotatable bonds is 3. The number of hydrogen-bond acceptors (Lipinski definition) is 1. The van der Waals surface area contributed by atoms with Crippen molar-refractivity contribution in [3.8, 4) is 12.3 Å². The molecule has 0 amide bonds. The number of aliphatic hydroxyl groups excluding tert-OH is 1. The van der Waals surface area contributed by atoms with Crippen molar-refractivity contribution in [3.63, 3.8) is 0 Å². The third kappa shape index (κ3) is 2.61. The first-order valence-corrected chi connectivity index (χ1v) is 4.84. The Hall–Kier alpha value is -1.26. The van der Waals surface area contributed by atoms with E-state index in [1.807, 2.05) is 32.0 Å². The van der Waals surface area contributed by atoms with Crippen LogP contribution in [0.1, 0.15) is 35.6 Å². The molecule has 0 spiro atoms. The molecule has 0 bridgehead atoms. The molecule has 1 rings (SSSR count). The molecule has 1 nitrogen and oxygen atoms in total. The summed E-state index contributed by atoms with van der Waals surface area (Å²) in [5.41, 5.74) is 3.30. The van der Waals surface area contributed by atoms with Gasteiger partial charge in [-0.15, -0.1) is 12.3 Å². The molecule has 0 aliphatic heterocycles. The summed E-state index contributed by atoms with van der Waals surface area (Å²) in [5.74, 6) is 2.54. The lowest BCUT2D eigenvalue weighted by molar-refractivity contribution is 0.168. The first-order valence-electron chi connectivity index (χ1n) is 4.84. The highest BCUT2D eigenvalue weighted by molar-refractivity contribution is 5.32. The van der Waals surface area contributed by atoms with Crippen molar-refractivity contribution in [1.82, 2.24) is 0 Å². The van der Waals surface area contributed by atoms with Crippen LogP contribution in [0.15, 0.2) is 18.2 Å². The van der Waals surface area contributed by atoms with E-state index in [1.165, 1.54) is 5.56 Å². The van der Waals surface area contributed by atoms with Crippen molar-refractivity contribution in [2.75, 3.05) is 0 Å². The van der Waals surface area contributed by atoms with Gasteiger partial charge in [-0.3, -0.25) is 0 Å². The lowest BCUT2D eigenvalue weighted by Crippen LogP contribution is -2.00. The van der Waals surface area contributed by atoms with Crippen LogP contribution in [0.3, 0.4) is 0 Å². The standard InChI is InChI=1S/C13H16O/c1-4-5-6-13(14)12-9-10(2)7-8-11(12)3/h1,7-9,13-14H,5-6H2,2-3H3. The van der Waals surface area contributed by atoms with Crippen molar-refractivity contribution in [2.45, 2.75) is 32.8 Å². The minimum Gasteiger partial charge on any atom is -0.388 e. The molecule has 0 aliphatic carbocycles. The second kappa shape index (κ2) is 4.83. The molecule has 1 aromatic rings. The molecule has 0 saturated carbocycles. The van der Waals surface area contributed by atoms with Crippen LogP contribution in [0, 0.1) is 26.2 Å². The Kier molecular flexibility index (Phi) is 3.73. The van der Waals surface area contributed by atoms with Gasteiger partial charge in [0.15, 0.2) is 0 Å². The van der Waals surface area contributed by atoms with Gasteiger partial charge in [0.2, 0.25) is 0 Å². The molecule has 1 aromatic carbocycles. The van der Waals surface area contributed by atoms with Crippen LogP contribution >= 0.6 is 0 Å². The van der Waals surface area contributed by atoms with E-state index >= 15 is 0 Å². The molecule has 0 fully saturated rings.